The Morgan fingerprint density at radius 1 is 0.889 bits per heavy atom. The summed E-state index contributed by atoms with van der Waals surface area (Å²) < 4.78 is 5.75. The van der Waals surface area contributed by atoms with E-state index in [2.05, 4.69) is 18.2 Å². The van der Waals surface area contributed by atoms with Crippen LogP contribution in [0.5, 0.6) is 5.75 Å². The van der Waals surface area contributed by atoms with E-state index >= 15 is 0 Å². The maximum Gasteiger partial charge on any atom is 0.127 e. The van der Waals surface area contributed by atoms with Crippen molar-refractivity contribution >= 4 is 0 Å². The normalized spacial score (nSPS) is 10.7. The van der Waals surface area contributed by atoms with E-state index in [4.69, 9.17) is 10.5 Å². The van der Waals surface area contributed by atoms with Gasteiger partial charge in [-0.3, -0.25) is 0 Å². The molecule has 2 N–H and O–H groups in total. The predicted molar refractivity (Wildman–Crippen MR) is 75.6 cm³/mol. The van der Waals surface area contributed by atoms with Gasteiger partial charge in [0.25, 0.3) is 0 Å². The van der Waals surface area contributed by atoms with Gasteiger partial charge in [0.05, 0.1) is 0 Å². The van der Waals surface area contributed by atoms with E-state index in [1.54, 1.807) is 0 Å². The molecule has 0 saturated heterocycles. The second kappa shape index (κ2) is 6.62. The van der Waals surface area contributed by atoms with Gasteiger partial charge in [0.1, 0.15) is 12.4 Å². The van der Waals surface area contributed by atoms with Gasteiger partial charge in [-0.05, 0) is 11.6 Å². The summed E-state index contributed by atoms with van der Waals surface area (Å²) in [6.07, 6.45) is 3.83. The molecule has 0 radical (unpaired) electrons. The molecule has 0 saturated carbocycles. The van der Waals surface area contributed by atoms with E-state index in [0.717, 1.165) is 16.9 Å². The molecule has 2 aromatic carbocycles. The van der Waals surface area contributed by atoms with Crippen LogP contribution in [0.15, 0.2) is 66.7 Å². The molecular weight excluding hydrogens is 222 g/mol. The Kier molecular flexibility index (Phi) is 4.56. The van der Waals surface area contributed by atoms with Gasteiger partial charge in [-0.15, -0.1) is 0 Å². The molecule has 2 aromatic rings. The van der Waals surface area contributed by atoms with Crippen molar-refractivity contribution in [2.45, 2.75) is 0 Å². The van der Waals surface area contributed by atoms with Crippen LogP contribution in [-0.2, 0) is 0 Å². The van der Waals surface area contributed by atoms with E-state index < -0.39 is 0 Å². The highest BCUT2D eigenvalue weighted by molar-refractivity contribution is 5.70. The molecule has 0 heterocycles. The summed E-state index contributed by atoms with van der Waals surface area (Å²) >= 11 is 0. The standard InChI is InChI=1S/C16H17NO/c17-12-6-7-13-18-16-11-5-4-10-15(16)14-8-2-1-3-9-14/h1-11H,12-13,17H2. The minimum Gasteiger partial charge on any atom is -0.489 e. The van der Waals surface area contributed by atoms with Crippen molar-refractivity contribution in [1.82, 2.24) is 0 Å². The molecule has 0 spiro atoms. The number of rotatable bonds is 5. The Bertz CT molecular complexity index is 506. The maximum absolute atomic E-state index is 5.75. The molecule has 0 aliphatic heterocycles. The van der Waals surface area contributed by atoms with Gasteiger partial charge in [0.15, 0.2) is 0 Å². The molecule has 18 heavy (non-hydrogen) atoms. The second-order valence-electron chi connectivity index (χ2n) is 3.88. The second-order valence-corrected chi connectivity index (χ2v) is 3.88. The molecule has 0 bridgehead atoms. The van der Waals surface area contributed by atoms with Crippen molar-refractivity contribution < 1.29 is 4.74 Å². The number of para-hydroxylation sites is 1. The average molecular weight is 239 g/mol. The fourth-order valence-corrected chi connectivity index (χ4v) is 1.75. The molecule has 0 atom stereocenters. The van der Waals surface area contributed by atoms with Crippen molar-refractivity contribution in [2.24, 2.45) is 5.73 Å². The fourth-order valence-electron chi connectivity index (χ4n) is 1.75. The highest BCUT2D eigenvalue weighted by Crippen LogP contribution is 2.29. The van der Waals surface area contributed by atoms with Crippen molar-refractivity contribution in [3.8, 4) is 16.9 Å². The first-order valence-electron chi connectivity index (χ1n) is 6.04. The minimum atomic E-state index is 0.543. The van der Waals surface area contributed by atoms with Crippen molar-refractivity contribution in [3.63, 3.8) is 0 Å². The smallest absolute Gasteiger partial charge is 0.127 e. The summed E-state index contributed by atoms with van der Waals surface area (Å²) in [5, 5.41) is 0. The van der Waals surface area contributed by atoms with Crippen LogP contribution < -0.4 is 10.5 Å². The summed E-state index contributed by atoms with van der Waals surface area (Å²) in [6, 6.07) is 18.3. The molecular formula is C16H17NO. The molecule has 2 heteroatoms. The fraction of sp³-hybridized carbons (Fsp3) is 0.125. The molecule has 0 aliphatic rings. The van der Waals surface area contributed by atoms with E-state index in [1.807, 2.05) is 48.6 Å². The zero-order valence-electron chi connectivity index (χ0n) is 10.3. The van der Waals surface area contributed by atoms with Crippen molar-refractivity contribution in [1.29, 1.82) is 0 Å². The van der Waals surface area contributed by atoms with Crippen LogP contribution in [0.3, 0.4) is 0 Å². The lowest BCUT2D eigenvalue weighted by molar-refractivity contribution is 0.364. The van der Waals surface area contributed by atoms with E-state index in [0.29, 0.717) is 13.2 Å². The Morgan fingerprint density at radius 3 is 2.39 bits per heavy atom. The average Bonchev–Trinajstić information content (AvgIpc) is 2.45. The SMILES string of the molecule is NCC=CCOc1ccccc1-c1ccccc1. The van der Waals surface area contributed by atoms with E-state index in [9.17, 15) is 0 Å². The first kappa shape index (κ1) is 12.4. The summed E-state index contributed by atoms with van der Waals surface area (Å²) in [6.45, 7) is 1.09. The summed E-state index contributed by atoms with van der Waals surface area (Å²) in [5.41, 5.74) is 7.66. The lowest BCUT2D eigenvalue weighted by atomic mass is 10.1. The quantitative estimate of drug-likeness (QED) is 0.813. The van der Waals surface area contributed by atoms with Gasteiger partial charge in [-0.25, -0.2) is 0 Å². The van der Waals surface area contributed by atoms with E-state index in [-0.39, 0.29) is 0 Å². The molecule has 2 nitrogen and oxygen atoms in total. The summed E-state index contributed by atoms with van der Waals surface area (Å²) in [5.74, 6) is 0.894. The highest BCUT2D eigenvalue weighted by Gasteiger charge is 2.03. The number of benzene rings is 2. The van der Waals surface area contributed by atoms with Gasteiger partial charge in [0.2, 0.25) is 0 Å². The Labute approximate surface area is 108 Å². The number of hydrogen-bond donors (Lipinski definition) is 1. The predicted octanol–water partition coefficient (Wildman–Crippen LogP) is 3.25. The van der Waals surface area contributed by atoms with Crippen LogP contribution in [0.4, 0.5) is 0 Å². The van der Waals surface area contributed by atoms with E-state index in [1.165, 1.54) is 0 Å². The first-order chi connectivity index (χ1) is 8.92. The number of ether oxygens (including phenoxy) is 1. The zero-order chi connectivity index (χ0) is 12.6. The Balaban J connectivity index is 2.18. The highest BCUT2D eigenvalue weighted by atomic mass is 16.5. The number of nitrogens with two attached hydrogens (primary N) is 1. The number of hydrogen-bond acceptors (Lipinski definition) is 2. The molecule has 0 amide bonds. The molecule has 0 aliphatic carbocycles. The molecule has 0 fully saturated rings. The molecule has 0 unspecified atom stereocenters. The van der Waals surface area contributed by atoms with Crippen LogP contribution in [0.2, 0.25) is 0 Å². The molecule has 0 aromatic heterocycles. The Morgan fingerprint density at radius 2 is 1.61 bits per heavy atom. The van der Waals surface area contributed by atoms with Gasteiger partial charge in [-0.1, -0.05) is 60.7 Å². The van der Waals surface area contributed by atoms with Gasteiger partial charge < -0.3 is 10.5 Å². The van der Waals surface area contributed by atoms with Crippen LogP contribution >= 0.6 is 0 Å². The van der Waals surface area contributed by atoms with Crippen LogP contribution in [0, 0.1) is 0 Å². The third-order valence-electron chi connectivity index (χ3n) is 2.61. The van der Waals surface area contributed by atoms with Crippen LogP contribution in [0.25, 0.3) is 11.1 Å². The molecule has 2 rings (SSSR count). The van der Waals surface area contributed by atoms with Gasteiger partial charge in [0, 0.05) is 12.1 Å². The van der Waals surface area contributed by atoms with Gasteiger partial charge in [-0.2, -0.15) is 0 Å². The Hall–Kier alpha value is -2.06. The van der Waals surface area contributed by atoms with Crippen molar-refractivity contribution in [2.75, 3.05) is 13.2 Å². The first-order valence-corrected chi connectivity index (χ1v) is 6.04. The van der Waals surface area contributed by atoms with Crippen LogP contribution in [-0.4, -0.2) is 13.2 Å². The zero-order valence-corrected chi connectivity index (χ0v) is 10.3. The third-order valence-corrected chi connectivity index (χ3v) is 2.61. The molecule has 92 valence electrons. The minimum absolute atomic E-state index is 0.543. The summed E-state index contributed by atoms with van der Waals surface area (Å²) in [4.78, 5) is 0. The maximum atomic E-state index is 5.75. The third kappa shape index (κ3) is 3.22. The lowest BCUT2D eigenvalue weighted by Gasteiger charge is -2.10. The largest absolute Gasteiger partial charge is 0.489 e. The van der Waals surface area contributed by atoms with Crippen LogP contribution in [0.1, 0.15) is 0 Å². The topological polar surface area (TPSA) is 35.2 Å². The monoisotopic (exact) mass is 239 g/mol. The van der Waals surface area contributed by atoms with Crippen molar-refractivity contribution in [3.05, 3.63) is 66.7 Å². The summed E-state index contributed by atoms with van der Waals surface area (Å²) in [7, 11) is 0. The van der Waals surface area contributed by atoms with Gasteiger partial charge >= 0.3 is 0 Å². The lowest BCUT2D eigenvalue weighted by Crippen LogP contribution is -1.98.